The molecule has 1 heterocycles. The third kappa shape index (κ3) is 2.15. The van der Waals surface area contributed by atoms with Crippen molar-refractivity contribution in [3.05, 3.63) is 36.2 Å². The third-order valence-corrected chi connectivity index (χ3v) is 2.34. The molecule has 3 N–H and O–H groups in total. The van der Waals surface area contributed by atoms with Gasteiger partial charge in [0.25, 0.3) is 0 Å². The molecule has 0 aliphatic rings. The van der Waals surface area contributed by atoms with Crippen molar-refractivity contribution >= 4 is 17.2 Å². The highest BCUT2D eigenvalue weighted by Crippen LogP contribution is 2.28. The zero-order chi connectivity index (χ0) is 13.0. The summed E-state index contributed by atoms with van der Waals surface area (Å²) in [5.74, 6) is 0.700. The Hall–Kier alpha value is -2.81. The fraction of sp³-hybridized carbons (Fsp3) is 0.0833. The van der Waals surface area contributed by atoms with Crippen molar-refractivity contribution < 1.29 is 4.74 Å². The maximum absolute atomic E-state index is 8.99. The largest absolute Gasteiger partial charge is 0.479 e. The van der Waals surface area contributed by atoms with E-state index >= 15 is 0 Å². The molecule has 0 spiro atoms. The second kappa shape index (κ2) is 5.01. The Balaban J connectivity index is 2.38. The van der Waals surface area contributed by atoms with Crippen molar-refractivity contribution in [1.82, 2.24) is 9.97 Å². The van der Waals surface area contributed by atoms with Crippen LogP contribution >= 0.6 is 0 Å². The Bertz CT molecular complexity index is 606. The van der Waals surface area contributed by atoms with Crippen molar-refractivity contribution in [1.29, 1.82) is 5.26 Å². The number of hydrogen-bond donors (Lipinski definition) is 2. The lowest BCUT2D eigenvalue weighted by Gasteiger charge is -2.10. The van der Waals surface area contributed by atoms with Crippen molar-refractivity contribution in [2.45, 2.75) is 0 Å². The van der Waals surface area contributed by atoms with Gasteiger partial charge >= 0.3 is 0 Å². The van der Waals surface area contributed by atoms with Crippen LogP contribution in [0, 0.1) is 11.3 Å². The fourth-order valence-corrected chi connectivity index (χ4v) is 1.46. The normalized spacial score (nSPS) is 9.56. The zero-order valence-corrected chi connectivity index (χ0v) is 9.71. The highest BCUT2D eigenvalue weighted by atomic mass is 16.5. The van der Waals surface area contributed by atoms with Gasteiger partial charge in [-0.25, -0.2) is 4.98 Å². The number of rotatable bonds is 3. The number of nitrogens with one attached hydrogen (secondary N) is 1. The molecule has 0 atom stereocenters. The first-order valence-electron chi connectivity index (χ1n) is 5.17. The summed E-state index contributed by atoms with van der Waals surface area (Å²) >= 11 is 0. The van der Waals surface area contributed by atoms with Gasteiger partial charge < -0.3 is 15.8 Å². The lowest BCUT2D eigenvalue weighted by atomic mass is 10.2. The van der Waals surface area contributed by atoms with E-state index in [0.717, 1.165) is 0 Å². The molecular weight excluding hydrogens is 230 g/mol. The molecule has 0 bridgehead atoms. The SMILES string of the molecule is COc1ncnc(Nc2ccccc2C#N)c1N. The van der Waals surface area contributed by atoms with Crippen LogP contribution in [0.1, 0.15) is 5.56 Å². The van der Waals surface area contributed by atoms with E-state index in [1.54, 1.807) is 18.2 Å². The number of nitrogens with two attached hydrogens (primary N) is 1. The molecule has 1 aromatic heterocycles. The molecule has 18 heavy (non-hydrogen) atoms. The van der Waals surface area contributed by atoms with Crippen LogP contribution in [0.25, 0.3) is 0 Å². The minimum Gasteiger partial charge on any atom is -0.479 e. The van der Waals surface area contributed by atoms with Gasteiger partial charge in [-0.1, -0.05) is 12.1 Å². The maximum atomic E-state index is 8.99. The quantitative estimate of drug-likeness (QED) is 0.848. The number of para-hydroxylation sites is 1. The lowest BCUT2D eigenvalue weighted by Crippen LogP contribution is -2.03. The lowest BCUT2D eigenvalue weighted by molar-refractivity contribution is 0.399. The monoisotopic (exact) mass is 241 g/mol. The number of hydrogen-bond acceptors (Lipinski definition) is 6. The highest BCUT2D eigenvalue weighted by Gasteiger charge is 2.09. The summed E-state index contributed by atoms with van der Waals surface area (Å²) in [6, 6.07) is 9.16. The van der Waals surface area contributed by atoms with E-state index < -0.39 is 0 Å². The van der Waals surface area contributed by atoms with Crippen LogP contribution in [0.5, 0.6) is 5.88 Å². The minimum atomic E-state index is 0.293. The standard InChI is InChI=1S/C12H11N5O/c1-18-12-10(14)11(15-7-16-12)17-9-5-3-2-4-8(9)6-13/h2-5,7H,14H2,1H3,(H,15,16,17). The second-order valence-electron chi connectivity index (χ2n) is 3.43. The average Bonchev–Trinajstić information content (AvgIpc) is 2.42. The van der Waals surface area contributed by atoms with Crippen molar-refractivity contribution in [2.75, 3.05) is 18.2 Å². The molecule has 0 fully saturated rings. The predicted molar refractivity (Wildman–Crippen MR) is 67.4 cm³/mol. The predicted octanol–water partition coefficient (Wildman–Crippen LogP) is 1.68. The Morgan fingerprint density at radius 3 is 2.83 bits per heavy atom. The second-order valence-corrected chi connectivity index (χ2v) is 3.43. The molecule has 6 heteroatoms. The number of ether oxygens (including phenoxy) is 1. The summed E-state index contributed by atoms with van der Waals surface area (Å²) in [6.45, 7) is 0. The van der Waals surface area contributed by atoms with Gasteiger partial charge in [-0.2, -0.15) is 10.2 Å². The highest BCUT2D eigenvalue weighted by molar-refractivity contribution is 5.74. The minimum absolute atomic E-state index is 0.293. The molecule has 1 aromatic carbocycles. The van der Waals surface area contributed by atoms with Gasteiger partial charge in [0, 0.05) is 0 Å². The first-order valence-corrected chi connectivity index (χ1v) is 5.17. The van der Waals surface area contributed by atoms with Gasteiger partial charge in [0.15, 0.2) is 5.82 Å². The number of benzene rings is 1. The Labute approximate surface area is 104 Å². The van der Waals surface area contributed by atoms with Gasteiger partial charge in [0.05, 0.1) is 18.4 Å². The van der Waals surface area contributed by atoms with E-state index in [1.807, 2.05) is 6.07 Å². The molecule has 0 radical (unpaired) electrons. The molecule has 6 nitrogen and oxygen atoms in total. The number of nitrogens with zero attached hydrogens (tertiary/aromatic N) is 3. The van der Waals surface area contributed by atoms with Gasteiger partial charge in [-0.15, -0.1) is 0 Å². The summed E-state index contributed by atoms with van der Waals surface area (Å²) in [6.07, 6.45) is 1.34. The van der Waals surface area contributed by atoms with Crippen LogP contribution in [0.15, 0.2) is 30.6 Å². The summed E-state index contributed by atoms with van der Waals surface area (Å²) in [5, 5.41) is 12.0. The van der Waals surface area contributed by atoms with Crippen LogP contribution in [0.2, 0.25) is 0 Å². The Morgan fingerprint density at radius 2 is 2.11 bits per heavy atom. The van der Waals surface area contributed by atoms with E-state index in [-0.39, 0.29) is 0 Å². The van der Waals surface area contributed by atoms with Gasteiger partial charge in [-0.3, -0.25) is 0 Å². The maximum Gasteiger partial charge on any atom is 0.242 e. The van der Waals surface area contributed by atoms with Crippen LogP contribution in [0.4, 0.5) is 17.2 Å². The number of nitrogen functional groups attached to an aromatic ring is 1. The van der Waals surface area contributed by atoms with E-state index in [1.165, 1.54) is 13.4 Å². The van der Waals surface area contributed by atoms with Crippen LogP contribution in [-0.4, -0.2) is 17.1 Å². The zero-order valence-electron chi connectivity index (χ0n) is 9.71. The molecule has 2 rings (SSSR count). The molecule has 0 amide bonds. The summed E-state index contributed by atoms with van der Waals surface area (Å²) in [4.78, 5) is 7.90. The van der Waals surface area contributed by atoms with Crippen molar-refractivity contribution in [3.8, 4) is 11.9 Å². The summed E-state index contributed by atoms with van der Waals surface area (Å²) < 4.78 is 5.00. The molecule has 0 saturated carbocycles. The van der Waals surface area contributed by atoms with Crippen LogP contribution < -0.4 is 15.8 Å². The van der Waals surface area contributed by atoms with Gasteiger partial charge in [0.2, 0.25) is 5.88 Å². The number of methoxy groups -OCH3 is 1. The molecule has 0 aliphatic carbocycles. The Kier molecular flexibility index (Phi) is 3.25. The number of aromatic nitrogens is 2. The number of anilines is 3. The molecule has 0 unspecified atom stereocenters. The first kappa shape index (κ1) is 11.7. The van der Waals surface area contributed by atoms with E-state index in [2.05, 4.69) is 21.4 Å². The van der Waals surface area contributed by atoms with E-state index in [4.69, 9.17) is 15.7 Å². The van der Waals surface area contributed by atoms with Crippen LogP contribution in [0.3, 0.4) is 0 Å². The molecule has 0 saturated heterocycles. The summed E-state index contributed by atoms with van der Waals surface area (Å²) in [5.41, 5.74) is 7.28. The average molecular weight is 241 g/mol. The van der Waals surface area contributed by atoms with E-state index in [0.29, 0.717) is 28.6 Å². The molecular formula is C12H11N5O. The van der Waals surface area contributed by atoms with Gasteiger partial charge in [0.1, 0.15) is 18.1 Å². The fourth-order valence-electron chi connectivity index (χ4n) is 1.46. The molecule has 2 aromatic rings. The third-order valence-electron chi connectivity index (χ3n) is 2.34. The van der Waals surface area contributed by atoms with Crippen molar-refractivity contribution in [2.24, 2.45) is 0 Å². The van der Waals surface area contributed by atoms with Crippen LogP contribution in [-0.2, 0) is 0 Å². The smallest absolute Gasteiger partial charge is 0.242 e. The summed E-state index contributed by atoms with van der Waals surface area (Å²) in [7, 11) is 1.48. The topological polar surface area (TPSA) is 96.9 Å². The Morgan fingerprint density at radius 1 is 1.33 bits per heavy atom. The molecule has 0 aliphatic heterocycles. The van der Waals surface area contributed by atoms with E-state index in [9.17, 15) is 0 Å². The number of nitriles is 1. The van der Waals surface area contributed by atoms with Gasteiger partial charge in [-0.05, 0) is 12.1 Å². The first-order chi connectivity index (χ1) is 8.76. The molecule has 90 valence electrons. The van der Waals surface area contributed by atoms with Crippen molar-refractivity contribution in [3.63, 3.8) is 0 Å².